The van der Waals surface area contributed by atoms with E-state index in [0.29, 0.717) is 19.5 Å². The van der Waals surface area contributed by atoms with Gasteiger partial charge in [-0.2, -0.15) is 11.8 Å². The molecule has 0 aromatic carbocycles. The van der Waals surface area contributed by atoms with Gasteiger partial charge in [-0.05, 0) is 31.4 Å². The van der Waals surface area contributed by atoms with Gasteiger partial charge in [0.25, 0.3) is 0 Å². The zero-order chi connectivity index (χ0) is 13.4. The normalized spacial score (nSPS) is 17.9. The van der Waals surface area contributed by atoms with Crippen molar-refractivity contribution in [1.29, 1.82) is 0 Å². The average Bonchev–Trinajstić information content (AvgIpc) is 2.62. The number of rotatable bonds is 5. The molecule has 18 heavy (non-hydrogen) atoms. The molecule has 1 heterocycles. The summed E-state index contributed by atoms with van der Waals surface area (Å²) in [5.41, 5.74) is 0. The highest BCUT2D eigenvalue weighted by atomic mass is 32.2. The summed E-state index contributed by atoms with van der Waals surface area (Å²) in [6, 6.07) is -1.06. The Labute approximate surface area is 111 Å². The van der Waals surface area contributed by atoms with Crippen LogP contribution in [0.1, 0.15) is 12.8 Å². The molecule has 1 fully saturated rings. The van der Waals surface area contributed by atoms with Crippen LogP contribution in [-0.2, 0) is 4.79 Å². The number of carboxylic acid groups (broad SMARTS) is 1. The van der Waals surface area contributed by atoms with Crippen molar-refractivity contribution >= 4 is 23.8 Å². The van der Waals surface area contributed by atoms with E-state index < -0.39 is 12.0 Å². The molecule has 0 spiro atoms. The number of aliphatic carboxylic acids is 1. The SMILES string of the molecule is CSCC[C@H](NC(=O)N1CCCNCC1)C(=O)O. The third-order valence-corrected chi connectivity index (χ3v) is 3.48. The van der Waals surface area contributed by atoms with E-state index in [1.54, 1.807) is 16.7 Å². The van der Waals surface area contributed by atoms with Gasteiger partial charge < -0.3 is 20.6 Å². The molecule has 3 N–H and O–H groups in total. The maximum Gasteiger partial charge on any atom is 0.326 e. The molecule has 1 rings (SSSR count). The summed E-state index contributed by atoms with van der Waals surface area (Å²) in [4.78, 5) is 24.7. The Morgan fingerprint density at radius 1 is 1.44 bits per heavy atom. The number of thioether (sulfide) groups is 1. The molecule has 7 heteroatoms. The maximum atomic E-state index is 11.9. The largest absolute Gasteiger partial charge is 0.480 e. The lowest BCUT2D eigenvalue weighted by Gasteiger charge is -2.23. The molecule has 1 saturated heterocycles. The molecule has 0 radical (unpaired) electrons. The van der Waals surface area contributed by atoms with E-state index in [0.717, 1.165) is 25.3 Å². The van der Waals surface area contributed by atoms with Crippen LogP contribution in [0.25, 0.3) is 0 Å². The van der Waals surface area contributed by atoms with Crippen LogP contribution >= 0.6 is 11.8 Å². The van der Waals surface area contributed by atoms with Gasteiger partial charge in [-0.3, -0.25) is 0 Å². The average molecular weight is 275 g/mol. The summed E-state index contributed by atoms with van der Waals surface area (Å²) in [6.07, 6.45) is 3.27. The van der Waals surface area contributed by atoms with E-state index in [-0.39, 0.29) is 6.03 Å². The Morgan fingerprint density at radius 3 is 2.89 bits per heavy atom. The molecule has 1 aliphatic heterocycles. The predicted molar refractivity (Wildman–Crippen MR) is 72.0 cm³/mol. The van der Waals surface area contributed by atoms with Gasteiger partial charge in [-0.25, -0.2) is 9.59 Å². The lowest BCUT2D eigenvalue weighted by atomic mass is 10.2. The van der Waals surface area contributed by atoms with E-state index in [9.17, 15) is 9.59 Å². The first-order valence-corrected chi connectivity index (χ1v) is 7.52. The first-order valence-electron chi connectivity index (χ1n) is 6.13. The van der Waals surface area contributed by atoms with Crippen molar-refractivity contribution in [2.75, 3.05) is 38.2 Å². The summed E-state index contributed by atoms with van der Waals surface area (Å²) in [5, 5.41) is 14.8. The molecule has 0 aromatic heterocycles. The molecular formula is C11H21N3O3S. The van der Waals surface area contributed by atoms with Crippen molar-refractivity contribution in [2.45, 2.75) is 18.9 Å². The number of nitrogens with one attached hydrogen (secondary N) is 2. The fraction of sp³-hybridized carbons (Fsp3) is 0.818. The molecule has 0 unspecified atom stereocenters. The van der Waals surface area contributed by atoms with Crippen LogP contribution in [0.3, 0.4) is 0 Å². The number of urea groups is 1. The van der Waals surface area contributed by atoms with Crippen molar-refractivity contribution in [1.82, 2.24) is 15.5 Å². The van der Waals surface area contributed by atoms with E-state index >= 15 is 0 Å². The second-order valence-corrected chi connectivity index (χ2v) is 5.20. The van der Waals surface area contributed by atoms with Crippen LogP contribution in [0, 0.1) is 0 Å². The zero-order valence-electron chi connectivity index (χ0n) is 10.6. The van der Waals surface area contributed by atoms with Crippen molar-refractivity contribution in [3.63, 3.8) is 0 Å². The Morgan fingerprint density at radius 2 is 2.22 bits per heavy atom. The number of nitrogens with zero attached hydrogens (tertiary/aromatic N) is 1. The van der Waals surface area contributed by atoms with Crippen LogP contribution in [0.2, 0.25) is 0 Å². The van der Waals surface area contributed by atoms with Gasteiger partial charge in [0.15, 0.2) is 0 Å². The minimum Gasteiger partial charge on any atom is -0.480 e. The highest BCUT2D eigenvalue weighted by Crippen LogP contribution is 2.03. The topological polar surface area (TPSA) is 81.7 Å². The minimum absolute atomic E-state index is 0.271. The molecule has 6 nitrogen and oxygen atoms in total. The van der Waals surface area contributed by atoms with Crippen LogP contribution in [0.15, 0.2) is 0 Å². The second kappa shape index (κ2) is 8.20. The molecule has 1 atom stereocenters. The van der Waals surface area contributed by atoms with Crippen LogP contribution < -0.4 is 10.6 Å². The number of amides is 2. The summed E-state index contributed by atoms with van der Waals surface area (Å²) in [7, 11) is 0. The molecule has 0 saturated carbocycles. The van der Waals surface area contributed by atoms with Crippen molar-refractivity contribution < 1.29 is 14.7 Å². The van der Waals surface area contributed by atoms with E-state index in [1.165, 1.54) is 0 Å². The van der Waals surface area contributed by atoms with Gasteiger partial charge in [0.2, 0.25) is 0 Å². The highest BCUT2D eigenvalue weighted by molar-refractivity contribution is 7.98. The van der Waals surface area contributed by atoms with Gasteiger partial charge in [-0.15, -0.1) is 0 Å². The van der Waals surface area contributed by atoms with E-state index in [1.807, 2.05) is 6.26 Å². The third-order valence-electron chi connectivity index (χ3n) is 2.83. The standard InChI is InChI=1S/C11H21N3O3S/c1-18-8-3-9(10(15)16)13-11(17)14-6-2-4-12-5-7-14/h9,12H,2-8H2,1H3,(H,13,17)(H,15,16)/t9-/m0/s1. The Hall–Kier alpha value is -0.950. The van der Waals surface area contributed by atoms with E-state index in [2.05, 4.69) is 10.6 Å². The van der Waals surface area contributed by atoms with Gasteiger partial charge >= 0.3 is 12.0 Å². The second-order valence-electron chi connectivity index (χ2n) is 4.21. The summed E-state index contributed by atoms with van der Waals surface area (Å²) in [5.74, 6) is -0.246. The van der Waals surface area contributed by atoms with Gasteiger partial charge in [0.05, 0.1) is 0 Å². The molecule has 0 aromatic rings. The summed E-state index contributed by atoms with van der Waals surface area (Å²) < 4.78 is 0. The molecule has 0 bridgehead atoms. The highest BCUT2D eigenvalue weighted by Gasteiger charge is 2.23. The number of hydrogen-bond acceptors (Lipinski definition) is 4. The Balaban J connectivity index is 2.45. The lowest BCUT2D eigenvalue weighted by molar-refractivity contribution is -0.139. The predicted octanol–water partition coefficient (Wildman–Crippen LogP) is 0.198. The quantitative estimate of drug-likeness (QED) is 0.667. The van der Waals surface area contributed by atoms with Crippen LogP contribution in [-0.4, -0.2) is 66.2 Å². The first kappa shape index (κ1) is 15.1. The van der Waals surface area contributed by atoms with Crippen molar-refractivity contribution in [3.8, 4) is 0 Å². The fourth-order valence-electron chi connectivity index (χ4n) is 1.78. The van der Waals surface area contributed by atoms with Crippen LogP contribution in [0.5, 0.6) is 0 Å². The number of carbonyl (C=O) groups excluding carboxylic acids is 1. The van der Waals surface area contributed by atoms with Gasteiger partial charge in [-0.1, -0.05) is 0 Å². The van der Waals surface area contributed by atoms with E-state index in [4.69, 9.17) is 5.11 Å². The van der Waals surface area contributed by atoms with Gasteiger partial charge in [0, 0.05) is 19.6 Å². The Kier molecular flexibility index (Phi) is 6.89. The Bertz CT molecular complexity index is 281. The van der Waals surface area contributed by atoms with Crippen molar-refractivity contribution in [3.05, 3.63) is 0 Å². The molecule has 0 aliphatic carbocycles. The summed E-state index contributed by atoms with van der Waals surface area (Å²) >= 11 is 1.58. The fourth-order valence-corrected chi connectivity index (χ4v) is 2.25. The number of carbonyl (C=O) groups is 2. The zero-order valence-corrected chi connectivity index (χ0v) is 11.5. The minimum atomic E-state index is -0.967. The lowest BCUT2D eigenvalue weighted by Crippen LogP contribution is -2.49. The molecule has 1 aliphatic rings. The van der Waals surface area contributed by atoms with Crippen LogP contribution in [0.4, 0.5) is 4.79 Å². The smallest absolute Gasteiger partial charge is 0.326 e. The maximum absolute atomic E-state index is 11.9. The number of carboxylic acids is 1. The van der Waals surface area contributed by atoms with Gasteiger partial charge in [0.1, 0.15) is 6.04 Å². The monoisotopic (exact) mass is 275 g/mol. The molecule has 2 amide bonds. The third kappa shape index (κ3) is 5.14. The number of hydrogen-bond donors (Lipinski definition) is 3. The molecule has 104 valence electrons. The van der Waals surface area contributed by atoms with Crippen molar-refractivity contribution in [2.24, 2.45) is 0 Å². The summed E-state index contributed by atoms with van der Waals surface area (Å²) in [6.45, 7) is 2.96. The first-order chi connectivity index (χ1) is 8.65. The molecular weight excluding hydrogens is 254 g/mol.